The zero-order valence-electron chi connectivity index (χ0n) is 7.28. The first kappa shape index (κ1) is 11.6. The summed E-state index contributed by atoms with van der Waals surface area (Å²) in [6.07, 6.45) is -0.323. The SMILES string of the molecule is CC(CCO)=C(CC(=O)O)C(=O)O. The number of aliphatic carboxylic acids is 2. The van der Waals surface area contributed by atoms with Crippen LogP contribution >= 0.6 is 0 Å². The lowest BCUT2D eigenvalue weighted by atomic mass is 10.0. The molecule has 0 aliphatic rings. The van der Waals surface area contributed by atoms with Crippen LogP contribution in [0.1, 0.15) is 19.8 Å². The molecule has 0 aromatic heterocycles. The van der Waals surface area contributed by atoms with Gasteiger partial charge in [-0.05, 0) is 13.3 Å². The Morgan fingerprint density at radius 1 is 1.23 bits per heavy atom. The van der Waals surface area contributed by atoms with Crippen LogP contribution in [0.5, 0.6) is 0 Å². The topological polar surface area (TPSA) is 94.8 Å². The third-order valence-electron chi connectivity index (χ3n) is 1.59. The summed E-state index contributed by atoms with van der Waals surface area (Å²) < 4.78 is 0. The zero-order valence-corrected chi connectivity index (χ0v) is 7.28. The fourth-order valence-corrected chi connectivity index (χ4v) is 0.879. The largest absolute Gasteiger partial charge is 0.481 e. The molecule has 0 saturated heterocycles. The molecule has 0 heterocycles. The van der Waals surface area contributed by atoms with Crippen molar-refractivity contribution in [2.45, 2.75) is 19.8 Å². The van der Waals surface area contributed by atoms with Crippen LogP contribution in [0, 0.1) is 0 Å². The molecule has 5 heteroatoms. The highest BCUT2D eigenvalue weighted by atomic mass is 16.4. The minimum Gasteiger partial charge on any atom is -0.481 e. The number of carboxylic acids is 2. The van der Waals surface area contributed by atoms with Crippen molar-refractivity contribution in [1.82, 2.24) is 0 Å². The zero-order chi connectivity index (χ0) is 10.4. The molecule has 0 bridgehead atoms. The summed E-state index contributed by atoms with van der Waals surface area (Å²) in [5.41, 5.74) is 0.249. The minimum atomic E-state index is -1.24. The van der Waals surface area contributed by atoms with Gasteiger partial charge in [-0.1, -0.05) is 5.57 Å². The molecule has 0 rings (SSSR count). The van der Waals surface area contributed by atoms with Crippen LogP contribution in [0.25, 0.3) is 0 Å². The van der Waals surface area contributed by atoms with Gasteiger partial charge in [-0.2, -0.15) is 0 Å². The van der Waals surface area contributed by atoms with Crippen LogP contribution in [-0.2, 0) is 9.59 Å². The normalized spacial score (nSPS) is 12.2. The van der Waals surface area contributed by atoms with Crippen LogP contribution in [0.2, 0.25) is 0 Å². The Labute approximate surface area is 75.3 Å². The van der Waals surface area contributed by atoms with E-state index < -0.39 is 18.4 Å². The van der Waals surface area contributed by atoms with Crippen LogP contribution in [0.15, 0.2) is 11.1 Å². The molecule has 0 aliphatic heterocycles. The summed E-state index contributed by atoms with van der Waals surface area (Å²) >= 11 is 0. The van der Waals surface area contributed by atoms with Crippen molar-refractivity contribution < 1.29 is 24.9 Å². The van der Waals surface area contributed by atoms with E-state index >= 15 is 0 Å². The number of aliphatic hydroxyl groups is 1. The van der Waals surface area contributed by atoms with E-state index in [1.54, 1.807) is 0 Å². The molecule has 0 spiro atoms. The molecule has 3 N–H and O–H groups in total. The third-order valence-corrected chi connectivity index (χ3v) is 1.59. The molecular weight excluding hydrogens is 176 g/mol. The van der Waals surface area contributed by atoms with Crippen LogP contribution in [0.3, 0.4) is 0 Å². The van der Waals surface area contributed by atoms with Gasteiger partial charge in [0.1, 0.15) is 0 Å². The molecule has 5 nitrogen and oxygen atoms in total. The van der Waals surface area contributed by atoms with Crippen LogP contribution in [0.4, 0.5) is 0 Å². The Balaban J connectivity index is 4.66. The highest BCUT2D eigenvalue weighted by molar-refractivity contribution is 5.92. The van der Waals surface area contributed by atoms with Crippen molar-refractivity contribution in [1.29, 1.82) is 0 Å². The highest BCUT2D eigenvalue weighted by Crippen LogP contribution is 2.12. The summed E-state index contributed by atoms with van der Waals surface area (Å²) in [4.78, 5) is 20.8. The van der Waals surface area contributed by atoms with Crippen molar-refractivity contribution in [3.8, 4) is 0 Å². The van der Waals surface area contributed by atoms with E-state index in [1.165, 1.54) is 6.92 Å². The predicted molar refractivity (Wildman–Crippen MR) is 44.3 cm³/mol. The molecule has 0 aromatic carbocycles. The molecule has 0 saturated carbocycles. The second-order valence-corrected chi connectivity index (χ2v) is 2.61. The van der Waals surface area contributed by atoms with E-state index in [0.29, 0.717) is 5.57 Å². The fourth-order valence-electron chi connectivity index (χ4n) is 0.879. The number of aliphatic hydroxyl groups excluding tert-OH is 1. The lowest BCUT2D eigenvalue weighted by molar-refractivity contribution is -0.139. The van der Waals surface area contributed by atoms with E-state index in [-0.39, 0.29) is 18.6 Å². The van der Waals surface area contributed by atoms with Gasteiger partial charge in [-0.3, -0.25) is 4.79 Å². The van der Waals surface area contributed by atoms with E-state index in [0.717, 1.165) is 0 Å². The standard InChI is InChI=1S/C8H12O5/c1-5(2-3-9)6(8(12)13)4-7(10)11/h9H,2-4H2,1H3,(H,10,11)(H,12,13). The first-order valence-electron chi connectivity index (χ1n) is 3.73. The Bertz CT molecular complexity index is 241. The summed E-state index contributed by atoms with van der Waals surface area (Å²) in [7, 11) is 0. The quantitative estimate of drug-likeness (QED) is 0.537. The van der Waals surface area contributed by atoms with E-state index in [1.807, 2.05) is 0 Å². The lowest BCUT2D eigenvalue weighted by Crippen LogP contribution is -2.09. The predicted octanol–water partition coefficient (Wildman–Crippen LogP) is 0.245. The Morgan fingerprint density at radius 2 is 1.77 bits per heavy atom. The number of hydrogen-bond acceptors (Lipinski definition) is 3. The van der Waals surface area contributed by atoms with Crippen molar-refractivity contribution in [3.05, 3.63) is 11.1 Å². The average molecular weight is 188 g/mol. The van der Waals surface area contributed by atoms with Gasteiger partial charge in [0.2, 0.25) is 0 Å². The lowest BCUT2D eigenvalue weighted by Gasteiger charge is -2.03. The molecule has 13 heavy (non-hydrogen) atoms. The van der Waals surface area contributed by atoms with Gasteiger partial charge in [-0.15, -0.1) is 0 Å². The van der Waals surface area contributed by atoms with Crippen molar-refractivity contribution in [3.63, 3.8) is 0 Å². The molecule has 0 atom stereocenters. The minimum absolute atomic E-state index is 0.151. The Hall–Kier alpha value is -1.36. The average Bonchev–Trinajstić information content (AvgIpc) is 1.99. The van der Waals surface area contributed by atoms with E-state index in [9.17, 15) is 9.59 Å². The molecule has 74 valence electrons. The molecule has 0 unspecified atom stereocenters. The smallest absolute Gasteiger partial charge is 0.332 e. The van der Waals surface area contributed by atoms with Gasteiger partial charge >= 0.3 is 11.9 Å². The maximum atomic E-state index is 10.5. The molecule has 0 radical (unpaired) electrons. The summed E-state index contributed by atoms with van der Waals surface area (Å²) in [5.74, 6) is -2.43. The summed E-state index contributed by atoms with van der Waals surface area (Å²) in [6, 6.07) is 0. The first-order valence-corrected chi connectivity index (χ1v) is 3.73. The number of carboxylic acid groups (broad SMARTS) is 2. The van der Waals surface area contributed by atoms with E-state index in [2.05, 4.69) is 0 Å². The van der Waals surface area contributed by atoms with Gasteiger partial charge in [0, 0.05) is 12.2 Å². The monoisotopic (exact) mass is 188 g/mol. The third kappa shape index (κ3) is 4.27. The molecule has 0 aromatic rings. The molecule has 0 amide bonds. The molecular formula is C8H12O5. The van der Waals surface area contributed by atoms with Gasteiger partial charge in [-0.25, -0.2) is 4.79 Å². The summed E-state index contributed by atoms with van der Waals surface area (Å²) in [6.45, 7) is 1.32. The number of rotatable bonds is 5. The molecule has 0 aliphatic carbocycles. The maximum absolute atomic E-state index is 10.5. The van der Waals surface area contributed by atoms with Crippen molar-refractivity contribution in [2.75, 3.05) is 6.61 Å². The molecule has 0 fully saturated rings. The maximum Gasteiger partial charge on any atom is 0.332 e. The van der Waals surface area contributed by atoms with Gasteiger partial charge in [0.05, 0.1) is 6.42 Å². The fraction of sp³-hybridized carbons (Fsp3) is 0.500. The number of hydrogen-bond donors (Lipinski definition) is 3. The van der Waals surface area contributed by atoms with Crippen molar-refractivity contribution in [2.24, 2.45) is 0 Å². The Morgan fingerprint density at radius 3 is 2.08 bits per heavy atom. The van der Waals surface area contributed by atoms with Gasteiger partial charge in [0.25, 0.3) is 0 Å². The first-order chi connectivity index (χ1) is 5.99. The van der Waals surface area contributed by atoms with Gasteiger partial charge < -0.3 is 15.3 Å². The van der Waals surface area contributed by atoms with E-state index in [4.69, 9.17) is 15.3 Å². The van der Waals surface area contributed by atoms with Crippen LogP contribution < -0.4 is 0 Å². The number of carbonyl (C=O) groups is 2. The highest BCUT2D eigenvalue weighted by Gasteiger charge is 2.14. The van der Waals surface area contributed by atoms with Crippen molar-refractivity contribution >= 4 is 11.9 Å². The second-order valence-electron chi connectivity index (χ2n) is 2.61. The Kier molecular flexibility index (Phi) is 4.76. The summed E-state index contributed by atoms with van der Waals surface area (Å²) in [5, 5.41) is 25.5. The second kappa shape index (κ2) is 5.31. The van der Waals surface area contributed by atoms with Gasteiger partial charge in [0.15, 0.2) is 0 Å². The van der Waals surface area contributed by atoms with Crippen LogP contribution in [-0.4, -0.2) is 33.9 Å².